The lowest BCUT2D eigenvalue weighted by molar-refractivity contribution is -0.140. The van der Waals surface area contributed by atoms with E-state index < -0.39 is 21.4 Å². The van der Waals surface area contributed by atoms with E-state index in [4.69, 9.17) is 10.9 Å². The molecule has 1 atom stereocenters. The van der Waals surface area contributed by atoms with Crippen LogP contribution in [0.3, 0.4) is 0 Å². The Morgan fingerprint density at radius 2 is 2.08 bits per heavy atom. The summed E-state index contributed by atoms with van der Waals surface area (Å²) in [4.78, 5) is 10.5. The first kappa shape index (κ1) is 11.3. The minimum atomic E-state index is -3.74. The van der Waals surface area contributed by atoms with Crippen LogP contribution in [0.25, 0.3) is 0 Å². The zero-order valence-corrected chi connectivity index (χ0v) is 7.50. The fourth-order valence-corrected chi connectivity index (χ4v) is 0.973. The molecule has 0 saturated heterocycles. The van der Waals surface area contributed by atoms with Gasteiger partial charge in [-0.25, -0.2) is 13.6 Å². The van der Waals surface area contributed by atoms with Crippen molar-refractivity contribution in [1.82, 2.24) is 0 Å². The van der Waals surface area contributed by atoms with Crippen LogP contribution >= 0.6 is 0 Å². The van der Waals surface area contributed by atoms with Gasteiger partial charge >= 0.3 is 5.97 Å². The lowest BCUT2D eigenvalue weighted by atomic mass is 10.3. The van der Waals surface area contributed by atoms with E-state index in [0.717, 1.165) is 0 Å². The van der Waals surface area contributed by atoms with Gasteiger partial charge in [0.1, 0.15) is 5.37 Å². The van der Waals surface area contributed by atoms with Crippen LogP contribution in [-0.2, 0) is 19.6 Å². The normalized spacial score (nSPS) is 13.9. The van der Waals surface area contributed by atoms with Gasteiger partial charge < -0.3 is 10.5 Å². The fraction of sp³-hybridized carbons (Fsp3) is 0.800. The summed E-state index contributed by atoms with van der Waals surface area (Å²) >= 11 is 0. The largest absolute Gasteiger partial charge is 0.469 e. The number of rotatable bonds is 4. The summed E-state index contributed by atoms with van der Waals surface area (Å²) in [6.07, 6.45) is -0.0698. The summed E-state index contributed by atoms with van der Waals surface area (Å²) in [7, 11) is -2.52. The van der Waals surface area contributed by atoms with Crippen molar-refractivity contribution in [2.24, 2.45) is 10.9 Å². The van der Waals surface area contributed by atoms with Crippen LogP contribution in [0, 0.1) is 0 Å². The van der Waals surface area contributed by atoms with Crippen molar-refractivity contribution in [3.63, 3.8) is 0 Å². The van der Waals surface area contributed by atoms with Gasteiger partial charge in [0.15, 0.2) is 0 Å². The number of sulfonamides is 1. The van der Waals surface area contributed by atoms with Crippen LogP contribution in [0.4, 0.5) is 0 Å². The van der Waals surface area contributed by atoms with Crippen molar-refractivity contribution in [2.75, 3.05) is 7.11 Å². The van der Waals surface area contributed by atoms with E-state index in [9.17, 15) is 13.2 Å². The number of methoxy groups -OCH3 is 1. The summed E-state index contributed by atoms with van der Waals surface area (Å²) in [6.45, 7) is 0. The van der Waals surface area contributed by atoms with Gasteiger partial charge in [-0.05, 0) is 6.42 Å². The Kier molecular flexibility index (Phi) is 4.15. The molecule has 0 aromatic heterocycles. The van der Waals surface area contributed by atoms with E-state index in [2.05, 4.69) is 4.74 Å². The third-order valence-corrected chi connectivity index (χ3v) is 2.36. The topological polar surface area (TPSA) is 112 Å². The molecule has 0 saturated carbocycles. The minimum absolute atomic E-state index is 0.0223. The molecule has 0 aliphatic carbocycles. The van der Waals surface area contributed by atoms with Crippen LogP contribution < -0.4 is 10.9 Å². The maximum atomic E-state index is 10.5. The average molecular weight is 196 g/mol. The van der Waals surface area contributed by atoms with Crippen molar-refractivity contribution < 1.29 is 17.9 Å². The molecule has 0 aliphatic rings. The summed E-state index contributed by atoms with van der Waals surface area (Å²) in [6, 6.07) is 0. The monoisotopic (exact) mass is 196 g/mol. The lowest BCUT2D eigenvalue weighted by Crippen LogP contribution is -2.36. The van der Waals surface area contributed by atoms with Gasteiger partial charge in [0.2, 0.25) is 10.0 Å². The summed E-state index contributed by atoms with van der Waals surface area (Å²) < 4.78 is 25.3. The molecule has 7 heteroatoms. The Hall–Kier alpha value is -0.660. The number of carbonyl (C=O) groups is 1. The Morgan fingerprint density at radius 1 is 1.58 bits per heavy atom. The molecule has 0 heterocycles. The number of ether oxygens (including phenoxy) is 1. The van der Waals surface area contributed by atoms with Crippen LogP contribution in [0.1, 0.15) is 12.8 Å². The number of nitrogens with two attached hydrogens (primary N) is 2. The van der Waals surface area contributed by atoms with Crippen molar-refractivity contribution in [1.29, 1.82) is 0 Å². The van der Waals surface area contributed by atoms with Gasteiger partial charge in [0, 0.05) is 6.42 Å². The van der Waals surface area contributed by atoms with Crippen molar-refractivity contribution in [2.45, 2.75) is 18.2 Å². The second kappa shape index (κ2) is 4.39. The van der Waals surface area contributed by atoms with Gasteiger partial charge in [-0.15, -0.1) is 0 Å². The zero-order valence-electron chi connectivity index (χ0n) is 6.69. The lowest BCUT2D eigenvalue weighted by Gasteiger charge is -2.06. The number of esters is 1. The third kappa shape index (κ3) is 4.27. The molecule has 0 amide bonds. The molecule has 12 heavy (non-hydrogen) atoms. The van der Waals surface area contributed by atoms with Gasteiger partial charge in [0.25, 0.3) is 0 Å². The molecule has 6 nitrogen and oxygen atoms in total. The van der Waals surface area contributed by atoms with E-state index in [-0.39, 0.29) is 12.8 Å². The Labute approximate surface area is 70.9 Å². The highest BCUT2D eigenvalue weighted by atomic mass is 32.2. The van der Waals surface area contributed by atoms with E-state index in [1.165, 1.54) is 7.11 Å². The van der Waals surface area contributed by atoms with Crippen molar-refractivity contribution in [3.8, 4) is 0 Å². The van der Waals surface area contributed by atoms with E-state index in [1.807, 2.05) is 0 Å². The highest BCUT2D eigenvalue weighted by molar-refractivity contribution is 7.89. The van der Waals surface area contributed by atoms with Crippen molar-refractivity contribution in [3.05, 3.63) is 0 Å². The van der Waals surface area contributed by atoms with Gasteiger partial charge in [-0.2, -0.15) is 0 Å². The van der Waals surface area contributed by atoms with E-state index in [1.54, 1.807) is 0 Å². The summed E-state index contributed by atoms with van der Waals surface area (Å²) in [5.41, 5.74) is 5.13. The first-order valence-electron chi connectivity index (χ1n) is 3.22. The Balaban J connectivity index is 3.88. The van der Waals surface area contributed by atoms with Crippen LogP contribution in [0.2, 0.25) is 0 Å². The predicted molar refractivity (Wildman–Crippen MR) is 42.3 cm³/mol. The standard InChI is InChI=1S/C5H12N2O4S/c1-11-5(8)3-2-4(6)12(7,9)10/h4H,2-3,6H2,1H3,(H2,7,9,10). The predicted octanol–water partition coefficient (Wildman–Crippen LogP) is -1.49. The molecule has 0 radical (unpaired) electrons. The van der Waals surface area contributed by atoms with Gasteiger partial charge in [-0.3, -0.25) is 4.79 Å². The molecule has 0 bridgehead atoms. The summed E-state index contributed by atoms with van der Waals surface area (Å²) in [5, 5.41) is 3.50. The van der Waals surface area contributed by atoms with Crippen LogP contribution in [-0.4, -0.2) is 26.9 Å². The minimum Gasteiger partial charge on any atom is -0.469 e. The van der Waals surface area contributed by atoms with E-state index in [0.29, 0.717) is 0 Å². The number of hydrogen-bond acceptors (Lipinski definition) is 5. The van der Waals surface area contributed by atoms with Crippen LogP contribution in [0.15, 0.2) is 0 Å². The van der Waals surface area contributed by atoms with Crippen molar-refractivity contribution >= 4 is 16.0 Å². The molecule has 0 aromatic rings. The number of hydrogen-bond donors (Lipinski definition) is 2. The molecule has 0 aliphatic heterocycles. The highest BCUT2D eigenvalue weighted by Crippen LogP contribution is 1.99. The summed E-state index contributed by atoms with van der Waals surface area (Å²) in [5.74, 6) is -0.505. The fourth-order valence-electron chi connectivity index (χ4n) is 0.526. The van der Waals surface area contributed by atoms with Crippen LogP contribution in [0.5, 0.6) is 0 Å². The van der Waals surface area contributed by atoms with E-state index >= 15 is 0 Å². The quantitative estimate of drug-likeness (QED) is 0.532. The highest BCUT2D eigenvalue weighted by Gasteiger charge is 2.17. The second-order valence-electron chi connectivity index (χ2n) is 2.24. The molecule has 1 unspecified atom stereocenters. The second-order valence-corrected chi connectivity index (χ2v) is 4.03. The molecule has 0 fully saturated rings. The molecule has 4 N–H and O–H groups in total. The Morgan fingerprint density at radius 3 is 2.42 bits per heavy atom. The van der Waals surface area contributed by atoms with Gasteiger partial charge in [0.05, 0.1) is 7.11 Å². The average Bonchev–Trinajstić information content (AvgIpc) is 1.97. The smallest absolute Gasteiger partial charge is 0.305 e. The van der Waals surface area contributed by atoms with Gasteiger partial charge in [-0.1, -0.05) is 0 Å². The Bertz CT molecular complexity index is 248. The maximum absolute atomic E-state index is 10.5. The molecule has 0 aromatic carbocycles. The SMILES string of the molecule is COC(=O)CCC(N)S(N)(=O)=O. The molecular formula is C5H12N2O4S. The first-order chi connectivity index (χ1) is 5.38. The number of carbonyl (C=O) groups excluding carboxylic acids is 1. The first-order valence-corrected chi connectivity index (χ1v) is 4.83. The number of primary sulfonamides is 1. The molecule has 72 valence electrons. The third-order valence-electron chi connectivity index (χ3n) is 1.28. The zero-order chi connectivity index (χ0) is 9.78. The molecular weight excluding hydrogens is 184 g/mol. The molecule has 0 spiro atoms. The molecule has 0 rings (SSSR count). The maximum Gasteiger partial charge on any atom is 0.305 e.